The second-order valence-corrected chi connectivity index (χ2v) is 6.55. The maximum Gasteiger partial charge on any atom is 0.0372 e. The van der Waals surface area contributed by atoms with Crippen molar-refractivity contribution in [3.63, 3.8) is 0 Å². The first kappa shape index (κ1) is 13.9. The molecular formula is C17H27N3. The topological polar surface area (TPSA) is 18.5 Å². The summed E-state index contributed by atoms with van der Waals surface area (Å²) in [6.45, 7) is 4.69. The van der Waals surface area contributed by atoms with E-state index in [2.05, 4.69) is 47.4 Å². The van der Waals surface area contributed by atoms with Gasteiger partial charge in [0.25, 0.3) is 0 Å². The van der Waals surface area contributed by atoms with E-state index in [-0.39, 0.29) is 0 Å². The lowest BCUT2D eigenvalue weighted by atomic mass is 10.0. The number of benzene rings is 1. The summed E-state index contributed by atoms with van der Waals surface area (Å²) in [5.74, 6) is 0. The fourth-order valence-electron chi connectivity index (χ4n) is 3.59. The first-order valence-electron chi connectivity index (χ1n) is 7.97. The Morgan fingerprint density at radius 1 is 1.30 bits per heavy atom. The van der Waals surface area contributed by atoms with Crippen LogP contribution in [0.5, 0.6) is 0 Å². The van der Waals surface area contributed by atoms with Crippen LogP contribution in [0.3, 0.4) is 0 Å². The highest BCUT2D eigenvalue weighted by molar-refractivity contribution is 5.54. The van der Waals surface area contributed by atoms with E-state index in [0.717, 1.165) is 19.1 Å². The monoisotopic (exact) mass is 273 g/mol. The van der Waals surface area contributed by atoms with Gasteiger partial charge in [0.2, 0.25) is 0 Å². The van der Waals surface area contributed by atoms with Crippen molar-refractivity contribution in [1.29, 1.82) is 0 Å². The van der Waals surface area contributed by atoms with Crippen molar-refractivity contribution in [3.05, 3.63) is 29.3 Å². The van der Waals surface area contributed by atoms with Gasteiger partial charge in [-0.15, -0.1) is 0 Å². The van der Waals surface area contributed by atoms with Crippen LogP contribution in [0.1, 0.15) is 30.4 Å². The first-order chi connectivity index (χ1) is 9.72. The molecule has 2 aliphatic rings. The van der Waals surface area contributed by atoms with Gasteiger partial charge in [0.05, 0.1) is 0 Å². The molecule has 110 valence electrons. The quantitative estimate of drug-likeness (QED) is 0.909. The third-order valence-corrected chi connectivity index (χ3v) is 4.57. The van der Waals surface area contributed by atoms with Gasteiger partial charge in [-0.1, -0.05) is 12.1 Å². The standard InChI is InChI=1S/C17H27N3/c1-19(2)13-16-6-4-10-20(16)12-14-7-8-17-15(11-14)5-3-9-18-17/h7-8,11,16,18H,3-6,9-10,12-13H2,1-2H3. The zero-order valence-electron chi connectivity index (χ0n) is 12.9. The molecule has 0 radical (unpaired) electrons. The predicted octanol–water partition coefficient (Wildman–Crippen LogP) is 2.57. The number of aryl methyl sites for hydroxylation is 1. The number of likely N-dealkylation sites (tertiary alicyclic amines) is 1. The summed E-state index contributed by atoms with van der Waals surface area (Å²) < 4.78 is 0. The number of anilines is 1. The summed E-state index contributed by atoms with van der Waals surface area (Å²) in [5.41, 5.74) is 4.35. The van der Waals surface area contributed by atoms with E-state index >= 15 is 0 Å². The molecule has 1 aromatic carbocycles. The Kier molecular flexibility index (Phi) is 4.27. The van der Waals surface area contributed by atoms with Gasteiger partial charge in [-0.25, -0.2) is 0 Å². The van der Waals surface area contributed by atoms with Crippen LogP contribution in [0.25, 0.3) is 0 Å². The molecule has 0 bridgehead atoms. The maximum atomic E-state index is 3.50. The lowest BCUT2D eigenvalue weighted by Crippen LogP contribution is -2.37. The minimum absolute atomic E-state index is 0.735. The third kappa shape index (κ3) is 3.15. The predicted molar refractivity (Wildman–Crippen MR) is 85.2 cm³/mol. The van der Waals surface area contributed by atoms with Crippen molar-refractivity contribution in [3.8, 4) is 0 Å². The highest BCUT2D eigenvalue weighted by Gasteiger charge is 2.25. The molecule has 0 saturated carbocycles. The summed E-state index contributed by atoms with van der Waals surface area (Å²) in [6.07, 6.45) is 5.20. The highest BCUT2D eigenvalue weighted by atomic mass is 15.2. The third-order valence-electron chi connectivity index (χ3n) is 4.57. The number of likely N-dealkylation sites (N-methyl/N-ethyl adjacent to an activating group) is 1. The van der Waals surface area contributed by atoms with Crippen molar-refractivity contribution in [1.82, 2.24) is 9.80 Å². The number of nitrogens with one attached hydrogen (secondary N) is 1. The normalized spacial score (nSPS) is 22.9. The van der Waals surface area contributed by atoms with Gasteiger partial charge in [0.15, 0.2) is 0 Å². The molecule has 1 saturated heterocycles. The van der Waals surface area contributed by atoms with Gasteiger partial charge in [0.1, 0.15) is 0 Å². The molecule has 1 atom stereocenters. The van der Waals surface area contributed by atoms with E-state index in [1.807, 2.05) is 0 Å². The van der Waals surface area contributed by atoms with Gasteiger partial charge >= 0.3 is 0 Å². The van der Waals surface area contributed by atoms with Crippen LogP contribution in [0.4, 0.5) is 5.69 Å². The number of rotatable bonds is 4. The Hall–Kier alpha value is -1.06. The Morgan fingerprint density at radius 2 is 2.20 bits per heavy atom. The van der Waals surface area contributed by atoms with E-state index in [9.17, 15) is 0 Å². The molecule has 1 N–H and O–H groups in total. The molecule has 1 unspecified atom stereocenters. The molecule has 3 rings (SSSR count). The van der Waals surface area contributed by atoms with Crippen LogP contribution in [0.15, 0.2) is 18.2 Å². The van der Waals surface area contributed by atoms with Gasteiger partial charge < -0.3 is 10.2 Å². The van der Waals surface area contributed by atoms with Crippen LogP contribution in [0, 0.1) is 0 Å². The van der Waals surface area contributed by atoms with Crippen molar-refractivity contribution in [2.75, 3.05) is 39.0 Å². The minimum atomic E-state index is 0.735. The Morgan fingerprint density at radius 3 is 3.05 bits per heavy atom. The molecule has 2 aliphatic heterocycles. The second kappa shape index (κ2) is 6.15. The van der Waals surface area contributed by atoms with Gasteiger partial charge in [-0.3, -0.25) is 4.90 Å². The first-order valence-corrected chi connectivity index (χ1v) is 7.97. The Bertz CT molecular complexity index is 456. The van der Waals surface area contributed by atoms with Crippen LogP contribution in [-0.4, -0.2) is 49.6 Å². The molecular weight excluding hydrogens is 246 g/mol. The fraction of sp³-hybridized carbons (Fsp3) is 0.647. The summed E-state index contributed by atoms with van der Waals surface area (Å²) in [5, 5.41) is 3.50. The summed E-state index contributed by atoms with van der Waals surface area (Å²) in [7, 11) is 4.36. The molecule has 3 heteroatoms. The van der Waals surface area contributed by atoms with Crippen LogP contribution < -0.4 is 5.32 Å². The summed E-state index contributed by atoms with van der Waals surface area (Å²) >= 11 is 0. The average molecular weight is 273 g/mol. The smallest absolute Gasteiger partial charge is 0.0372 e. The summed E-state index contributed by atoms with van der Waals surface area (Å²) in [4.78, 5) is 4.98. The van der Waals surface area contributed by atoms with Crippen molar-refractivity contribution in [2.45, 2.75) is 38.3 Å². The molecule has 20 heavy (non-hydrogen) atoms. The van der Waals surface area contributed by atoms with E-state index in [1.165, 1.54) is 55.6 Å². The van der Waals surface area contributed by atoms with E-state index in [1.54, 1.807) is 0 Å². The van der Waals surface area contributed by atoms with Crippen molar-refractivity contribution < 1.29 is 0 Å². The second-order valence-electron chi connectivity index (χ2n) is 6.55. The molecule has 3 nitrogen and oxygen atoms in total. The Labute approximate surface area is 123 Å². The van der Waals surface area contributed by atoms with Crippen molar-refractivity contribution in [2.24, 2.45) is 0 Å². The van der Waals surface area contributed by atoms with E-state index in [0.29, 0.717) is 0 Å². The molecule has 0 amide bonds. The van der Waals surface area contributed by atoms with Gasteiger partial charge in [-0.2, -0.15) is 0 Å². The largest absolute Gasteiger partial charge is 0.385 e. The van der Waals surface area contributed by atoms with Gasteiger partial charge in [-0.05, 0) is 63.5 Å². The average Bonchev–Trinajstić information content (AvgIpc) is 2.85. The van der Waals surface area contributed by atoms with Gasteiger partial charge in [0, 0.05) is 31.4 Å². The van der Waals surface area contributed by atoms with E-state index < -0.39 is 0 Å². The molecule has 0 spiro atoms. The van der Waals surface area contributed by atoms with Crippen LogP contribution in [-0.2, 0) is 13.0 Å². The summed E-state index contributed by atoms with van der Waals surface area (Å²) in [6, 6.07) is 7.74. The number of hydrogen-bond donors (Lipinski definition) is 1. The fourth-order valence-corrected chi connectivity index (χ4v) is 3.59. The zero-order valence-corrected chi connectivity index (χ0v) is 12.9. The molecule has 2 heterocycles. The molecule has 1 aromatic rings. The highest BCUT2D eigenvalue weighted by Crippen LogP contribution is 2.25. The Balaban J connectivity index is 1.67. The maximum absolute atomic E-state index is 3.50. The van der Waals surface area contributed by atoms with Crippen molar-refractivity contribution >= 4 is 5.69 Å². The number of nitrogens with zero attached hydrogens (tertiary/aromatic N) is 2. The lowest BCUT2D eigenvalue weighted by molar-refractivity contribution is 0.201. The number of fused-ring (bicyclic) bond motifs is 1. The molecule has 0 aliphatic carbocycles. The SMILES string of the molecule is CN(C)CC1CCCN1Cc1ccc2c(c1)CCCN2. The minimum Gasteiger partial charge on any atom is -0.385 e. The van der Waals surface area contributed by atoms with Crippen LogP contribution >= 0.6 is 0 Å². The zero-order chi connectivity index (χ0) is 13.9. The van der Waals surface area contributed by atoms with E-state index in [4.69, 9.17) is 0 Å². The molecule has 0 aromatic heterocycles. The lowest BCUT2D eigenvalue weighted by Gasteiger charge is -2.27. The number of hydrogen-bond acceptors (Lipinski definition) is 3. The molecule has 1 fully saturated rings. The van der Waals surface area contributed by atoms with Crippen LogP contribution in [0.2, 0.25) is 0 Å².